The van der Waals surface area contributed by atoms with Crippen LogP contribution in [-0.4, -0.2) is 68.4 Å². The Kier molecular flexibility index (Phi) is 7.92. The molecule has 1 saturated carbocycles. The van der Waals surface area contributed by atoms with E-state index in [0.29, 0.717) is 25.6 Å². The van der Waals surface area contributed by atoms with Gasteiger partial charge in [0, 0.05) is 26.7 Å². The van der Waals surface area contributed by atoms with Crippen LogP contribution in [0.4, 0.5) is 4.39 Å². The van der Waals surface area contributed by atoms with Gasteiger partial charge in [-0.05, 0) is 50.0 Å². The Labute approximate surface area is 205 Å². The summed E-state index contributed by atoms with van der Waals surface area (Å²) in [5.74, 6) is 0.378. The lowest BCUT2D eigenvalue weighted by Gasteiger charge is -2.26. The number of carbonyl (C=O) groups is 2. The van der Waals surface area contributed by atoms with Gasteiger partial charge in [-0.1, -0.05) is 24.3 Å². The van der Waals surface area contributed by atoms with E-state index in [1.807, 2.05) is 25.1 Å². The Bertz CT molecular complexity index is 891. The highest BCUT2D eigenvalue weighted by Gasteiger charge is 2.58. The van der Waals surface area contributed by atoms with Crippen molar-refractivity contribution in [2.45, 2.75) is 12.5 Å². The molecule has 2 N–H and O–H groups in total. The molecule has 174 valence electrons. The van der Waals surface area contributed by atoms with Crippen LogP contribution in [0.15, 0.2) is 41.4 Å². The van der Waals surface area contributed by atoms with Crippen LogP contribution in [0.3, 0.4) is 0 Å². The van der Waals surface area contributed by atoms with E-state index in [0.717, 1.165) is 12.0 Å². The van der Waals surface area contributed by atoms with Gasteiger partial charge >= 0.3 is 0 Å². The molecule has 2 amide bonds. The van der Waals surface area contributed by atoms with Gasteiger partial charge in [0.1, 0.15) is 5.82 Å². The Morgan fingerprint density at radius 2 is 1.84 bits per heavy atom. The van der Waals surface area contributed by atoms with Gasteiger partial charge in [0.15, 0.2) is 5.96 Å². The average Bonchev–Trinajstić information content (AvgIpc) is 3.42. The minimum Gasteiger partial charge on any atom is -0.355 e. The maximum atomic E-state index is 13.6. The van der Waals surface area contributed by atoms with Crippen LogP contribution in [0.1, 0.15) is 18.0 Å². The molecule has 9 heteroatoms. The summed E-state index contributed by atoms with van der Waals surface area (Å²) in [5.41, 5.74) is 0.871. The number of allylic oxidation sites excluding steroid dienone is 2. The van der Waals surface area contributed by atoms with Gasteiger partial charge in [-0.25, -0.2) is 4.39 Å². The number of nitrogens with zero attached hydrogens (tertiary/aromatic N) is 3. The first kappa shape index (κ1) is 24.6. The van der Waals surface area contributed by atoms with Crippen molar-refractivity contribution in [1.29, 1.82) is 0 Å². The second-order valence-electron chi connectivity index (χ2n) is 8.74. The number of rotatable bonds is 7. The number of guanidine groups is 1. The van der Waals surface area contributed by atoms with E-state index < -0.39 is 0 Å². The van der Waals surface area contributed by atoms with Crippen LogP contribution in [0.5, 0.6) is 0 Å². The van der Waals surface area contributed by atoms with E-state index in [1.165, 1.54) is 17.0 Å². The number of halogens is 2. The third-order valence-electron chi connectivity index (χ3n) is 6.73. The second kappa shape index (κ2) is 10.3. The van der Waals surface area contributed by atoms with Gasteiger partial charge in [0.2, 0.25) is 11.8 Å². The molecule has 4 rings (SSSR count). The zero-order valence-corrected chi connectivity index (χ0v) is 21.0. The molecule has 1 saturated heterocycles. The fourth-order valence-corrected chi connectivity index (χ4v) is 5.20. The molecule has 3 aliphatic rings. The van der Waals surface area contributed by atoms with E-state index in [-0.39, 0.29) is 71.3 Å². The monoisotopic (exact) mass is 555 g/mol. The third kappa shape index (κ3) is 4.68. The van der Waals surface area contributed by atoms with Crippen molar-refractivity contribution in [3.63, 3.8) is 0 Å². The summed E-state index contributed by atoms with van der Waals surface area (Å²) in [7, 11) is 5.55. The number of likely N-dealkylation sites (N-methyl/N-ethyl adjacent to an activating group) is 1. The maximum absolute atomic E-state index is 13.6. The summed E-state index contributed by atoms with van der Waals surface area (Å²) >= 11 is 0. The first-order chi connectivity index (χ1) is 14.9. The zero-order chi connectivity index (χ0) is 22.1. The number of nitrogens with one attached hydrogen (secondary N) is 2. The fourth-order valence-electron chi connectivity index (χ4n) is 5.20. The number of likely N-dealkylation sites (tertiary alicyclic amines) is 1. The summed E-state index contributed by atoms with van der Waals surface area (Å²) in [5, 5.41) is 6.44. The molecule has 32 heavy (non-hydrogen) atoms. The maximum Gasteiger partial charge on any atom is 0.233 e. The highest BCUT2D eigenvalue weighted by molar-refractivity contribution is 14.0. The first-order valence-electron chi connectivity index (χ1n) is 10.8. The van der Waals surface area contributed by atoms with Crippen LogP contribution >= 0.6 is 24.0 Å². The van der Waals surface area contributed by atoms with Crippen molar-refractivity contribution < 1.29 is 14.0 Å². The molecular weight excluding hydrogens is 524 g/mol. The summed E-state index contributed by atoms with van der Waals surface area (Å²) in [6.07, 6.45) is 5.14. The molecule has 1 heterocycles. The van der Waals surface area contributed by atoms with E-state index in [4.69, 9.17) is 0 Å². The largest absolute Gasteiger partial charge is 0.355 e. The van der Waals surface area contributed by atoms with Gasteiger partial charge < -0.3 is 15.5 Å². The SMILES string of the molecule is CN=C(NCCN1C(=O)C2C3C=CC(C3)C2C1=O)NCC(c1cccc(F)c1)N(C)C.I. The predicted octanol–water partition coefficient (Wildman–Crippen LogP) is 2.02. The Balaban J connectivity index is 0.00000289. The van der Waals surface area contributed by atoms with E-state index >= 15 is 0 Å². The molecule has 1 aromatic carbocycles. The number of fused-ring (bicyclic) bond motifs is 5. The molecule has 0 spiro atoms. The lowest BCUT2D eigenvalue weighted by atomic mass is 9.85. The number of hydrogen-bond donors (Lipinski definition) is 2. The number of carbonyl (C=O) groups excluding carboxylic acids is 2. The predicted molar refractivity (Wildman–Crippen MR) is 132 cm³/mol. The summed E-state index contributed by atoms with van der Waals surface area (Å²) in [6.45, 7) is 1.27. The van der Waals surface area contributed by atoms with E-state index in [1.54, 1.807) is 13.1 Å². The Morgan fingerprint density at radius 1 is 1.19 bits per heavy atom. The highest BCUT2D eigenvalue weighted by atomic mass is 127. The van der Waals surface area contributed by atoms with Gasteiger partial charge in [0.25, 0.3) is 0 Å². The Hall–Kier alpha value is -2.01. The molecule has 5 unspecified atom stereocenters. The van der Waals surface area contributed by atoms with Gasteiger partial charge in [-0.3, -0.25) is 19.5 Å². The summed E-state index contributed by atoms with van der Waals surface area (Å²) in [4.78, 5) is 33.2. The molecule has 2 bridgehead atoms. The molecule has 2 fully saturated rings. The minimum atomic E-state index is -0.264. The van der Waals surface area contributed by atoms with Crippen molar-refractivity contribution in [2.75, 3.05) is 40.8 Å². The average molecular weight is 555 g/mol. The van der Waals surface area contributed by atoms with E-state index in [2.05, 4.69) is 27.8 Å². The van der Waals surface area contributed by atoms with Crippen LogP contribution in [0.2, 0.25) is 0 Å². The lowest BCUT2D eigenvalue weighted by molar-refractivity contribution is -0.140. The quantitative estimate of drug-likeness (QED) is 0.177. The van der Waals surface area contributed by atoms with Gasteiger partial charge in [-0.15, -0.1) is 24.0 Å². The number of aliphatic imine (C=N–C) groups is 1. The molecule has 7 nitrogen and oxygen atoms in total. The molecular formula is C23H31FIN5O2. The summed E-state index contributed by atoms with van der Waals surface area (Å²) < 4.78 is 13.6. The highest BCUT2D eigenvalue weighted by Crippen LogP contribution is 2.52. The van der Waals surface area contributed by atoms with Gasteiger partial charge in [0.05, 0.1) is 17.9 Å². The zero-order valence-electron chi connectivity index (χ0n) is 18.6. The summed E-state index contributed by atoms with van der Waals surface area (Å²) in [6, 6.07) is 6.52. The molecule has 1 aromatic rings. The van der Waals surface area contributed by atoms with E-state index in [9.17, 15) is 14.0 Å². The number of benzene rings is 1. The van der Waals surface area contributed by atoms with Crippen molar-refractivity contribution in [3.05, 3.63) is 47.8 Å². The van der Waals surface area contributed by atoms with Crippen LogP contribution in [0, 0.1) is 29.5 Å². The molecule has 5 atom stereocenters. The smallest absolute Gasteiger partial charge is 0.233 e. The molecule has 1 aliphatic heterocycles. The molecule has 0 radical (unpaired) electrons. The van der Waals surface area contributed by atoms with Crippen molar-refractivity contribution in [1.82, 2.24) is 20.4 Å². The van der Waals surface area contributed by atoms with Crippen molar-refractivity contribution in [3.8, 4) is 0 Å². The van der Waals surface area contributed by atoms with Crippen molar-refractivity contribution >= 4 is 41.8 Å². The standard InChI is InChI=1S/C23H30FN5O2.HI/c1-25-23(27-13-18(28(2)3)14-5-4-6-17(24)12-14)26-9-10-29-21(30)19-15-7-8-16(11-15)20(19)22(29)31;/h4-8,12,15-16,18-20H,9-11,13H2,1-3H3,(H2,25,26,27);1H. The molecule has 0 aromatic heterocycles. The topological polar surface area (TPSA) is 77.0 Å². The van der Waals surface area contributed by atoms with Crippen molar-refractivity contribution in [2.24, 2.45) is 28.7 Å². The number of hydrogen-bond acceptors (Lipinski definition) is 4. The second-order valence-corrected chi connectivity index (χ2v) is 8.74. The third-order valence-corrected chi connectivity index (χ3v) is 6.73. The van der Waals surface area contributed by atoms with Crippen LogP contribution in [-0.2, 0) is 9.59 Å². The minimum absolute atomic E-state index is 0. The van der Waals surface area contributed by atoms with Gasteiger partial charge in [-0.2, -0.15) is 0 Å². The Morgan fingerprint density at radius 3 is 2.41 bits per heavy atom. The lowest BCUT2D eigenvalue weighted by Crippen LogP contribution is -2.45. The fraction of sp³-hybridized carbons (Fsp3) is 0.522. The normalized spacial score (nSPS) is 27.0. The number of amides is 2. The van der Waals surface area contributed by atoms with Crippen LogP contribution in [0.25, 0.3) is 0 Å². The molecule has 2 aliphatic carbocycles. The number of imide groups is 1. The first-order valence-corrected chi connectivity index (χ1v) is 10.8. The van der Waals surface area contributed by atoms with Crippen LogP contribution < -0.4 is 10.6 Å².